The lowest BCUT2D eigenvalue weighted by atomic mass is 10.2. The summed E-state index contributed by atoms with van der Waals surface area (Å²) in [5, 5.41) is 4.73. The van der Waals surface area contributed by atoms with E-state index in [9.17, 15) is 9.18 Å². The zero-order valence-corrected chi connectivity index (χ0v) is 16.0. The Morgan fingerprint density at radius 1 is 1.11 bits per heavy atom. The minimum absolute atomic E-state index is 0.341. The van der Waals surface area contributed by atoms with Crippen molar-refractivity contribution in [3.05, 3.63) is 87.4 Å². The smallest absolute Gasteiger partial charge is 0.271 e. The molecule has 0 fully saturated rings. The molecule has 2 aromatic carbocycles. The summed E-state index contributed by atoms with van der Waals surface area (Å²) >= 11 is 6.25. The first kappa shape index (κ1) is 18.9. The van der Waals surface area contributed by atoms with Crippen LogP contribution in [0.5, 0.6) is 0 Å². The van der Waals surface area contributed by atoms with Crippen molar-refractivity contribution in [2.75, 3.05) is 0 Å². The zero-order valence-electron chi connectivity index (χ0n) is 15.3. The van der Waals surface area contributed by atoms with Crippen molar-refractivity contribution in [3.8, 4) is 5.69 Å². The number of hydrogen-bond acceptors (Lipinski definition) is 2. The number of rotatable bonds is 4. The first-order valence-corrected chi connectivity index (χ1v) is 8.79. The van der Waals surface area contributed by atoms with E-state index in [0.29, 0.717) is 10.6 Å². The Morgan fingerprint density at radius 3 is 2.48 bits per heavy atom. The van der Waals surface area contributed by atoms with Crippen molar-refractivity contribution in [2.45, 2.75) is 20.8 Å². The van der Waals surface area contributed by atoms with E-state index in [1.54, 1.807) is 6.21 Å². The van der Waals surface area contributed by atoms with Gasteiger partial charge in [-0.25, -0.2) is 9.82 Å². The second kappa shape index (κ2) is 7.76. The highest BCUT2D eigenvalue weighted by Crippen LogP contribution is 2.24. The van der Waals surface area contributed by atoms with Gasteiger partial charge in [-0.05, 0) is 68.8 Å². The molecule has 0 aliphatic rings. The van der Waals surface area contributed by atoms with Crippen molar-refractivity contribution >= 4 is 23.7 Å². The molecule has 0 atom stereocenters. The fourth-order valence-electron chi connectivity index (χ4n) is 2.86. The van der Waals surface area contributed by atoms with Crippen LogP contribution in [0.3, 0.4) is 0 Å². The van der Waals surface area contributed by atoms with Crippen LogP contribution in [0.1, 0.15) is 32.9 Å². The minimum atomic E-state index is -0.398. The lowest BCUT2D eigenvalue weighted by Gasteiger charge is -2.11. The van der Waals surface area contributed by atoms with Crippen molar-refractivity contribution < 1.29 is 9.18 Å². The van der Waals surface area contributed by atoms with Gasteiger partial charge in [-0.3, -0.25) is 4.79 Å². The maximum absolute atomic E-state index is 12.9. The van der Waals surface area contributed by atoms with E-state index < -0.39 is 11.7 Å². The maximum Gasteiger partial charge on any atom is 0.271 e. The third-order valence-electron chi connectivity index (χ3n) is 4.36. The lowest BCUT2D eigenvalue weighted by Crippen LogP contribution is -2.17. The van der Waals surface area contributed by atoms with Gasteiger partial charge in [0.05, 0.1) is 6.21 Å². The quantitative estimate of drug-likeness (QED) is 0.502. The van der Waals surface area contributed by atoms with Crippen molar-refractivity contribution in [3.63, 3.8) is 0 Å². The van der Waals surface area contributed by atoms with Crippen molar-refractivity contribution in [1.29, 1.82) is 0 Å². The molecule has 1 amide bonds. The highest BCUT2D eigenvalue weighted by Gasteiger charge is 2.11. The number of hydrogen-bond donors (Lipinski definition) is 1. The number of halogens is 2. The lowest BCUT2D eigenvalue weighted by molar-refractivity contribution is 0.0955. The van der Waals surface area contributed by atoms with Gasteiger partial charge >= 0.3 is 0 Å². The number of benzene rings is 2. The molecule has 1 N–H and O–H groups in total. The molecule has 0 saturated heterocycles. The Labute approximate surface area is 162 Å². The van der Waals surface area contributed by atoms with Gasteiger partial charge in [0.1, 0.15) is 5.82 Å². The molecule has 1 heterocycles. The summed E-state index contributed by atoms with van der Waals surface area (Å²) in [4.78, 5) is 12.0. The molecule has 27 heavy (non-hydrogen) atoms. The largest absolute Gasteiger partial charge is 0.318 e. The van der Waals surface area contributed by atoms with Gasteiger partial charge < -0.3 is 4.57 Å². The molecule has 0 saturated carbocycles. The van der Waals surface area contributed by atoms with Gasteiger partial charge in [-0.1, -0.05) is 17.7 Å². The van der Waals surface area contributed by atoms with Crippen LogP contribution < -0.4 is 5.43 Å². The van der Waals surface area contributed by atoms with E-state index in [-0.39, 0.29) is 0 Å². The van der Waals surface area contributed by atoms with Crippen molar-refractivity contribution in [2.24, 2.45) is 5.10 Å². The third-order valence-corrected chi connectivity index (χ3v) is 4.77. The van der Waals surface area contributed by atoms with E-state index in [1.165, 1.54) is 24.3 Å². The van der Waals surface area contributed by atoms with Crippen LogP contribution in [0.2, 0.25) is 5.02 Å². The summed E-state index contributed by atoms with van der Waals surface area (Å²) in [5.41, 5.74) is 7.67. The average molecular weight is 384 g/mol. The Morgan fingerprint density at radius 2 is 1.81 bits per heavy atom. The molecule has 3 aromatic rings. The Balaban J connectivity index is 1.79. The summed E-state index contributed by atoms with van der Waals surface area (Å²) in [5.74, 6) is -0.788. The number of carbonyl (C=O) groups excluding carboxylic acids is 1. The fourth-order valence-corrected chi connectivity index (χ4v) is 3.04. The molecule has 0 aliphatic carbocycles. The first-order valence-electron chi connectivity index (χ1n) is 8.41. The highest BCUT2D eigenvalue weighted by atomic mass is 35.5. The number of nitrogens with one attached hydrogen (secondary N) is 1. The molecule has 138 valence electrons. The second-order valence-corrected chi connectivity index (χ2v) is 6.71. The topological polar surface area (TPSA) is 46.4 Å². The van der Waals surface area contributed by atoms with Crippen LogP contribution in [-0.4, -0.2) is 16.7 Å². The molecule has 3 rings (SSSR count). The van der Waals surface area contributed by atoms with Gasteiger partial charge in [-0.2, -0.15) is 5.10 Å². The average Bonchev–Trinajstić information content (AvgIpc) is 2.92. The molecule has 0 unspecified atom stereocenters. The van der Waals surface area contributed by atoms with Gasteiger partial charge in [0.15, 0.2) is 0 Å². The number of aromatic nitrogens is 1. The summed E-state index contributed by atoms with van der Waals surface area (Å²) in [6.07, 6.45) is 1.59. The third kappa shape index (κ3) is 4.09. The molecule has 0 bridgehead atoms. The van der Waals surface area contributed by atoms with Gasteiger partial charge in [0, 0.05) is 33.2 Å². The number of amides is 1. The highest BCUT2D eigenvalue weighted by molar-refractivity contribution is 6.31. The van der Waals surface area contributed by atoms with E-state index in [2.05, 4.69) is 15.1 Å². The summed E-state index contributed by atoms with van der Waals surface area (Å²) < 4.78 is 15.0. The van der Waals surface area contributed by atoms with Gasteiger partial charge in [-0.15, -0.1) is 0 Å². The molecule has 0 radical (unpaired) electrons. The standard InChI is InChI=1S/C21H19ClFN3O/c1-13-4-9-19(11-20(13)22)26-14(2)10-17(15(26)3)12-24-25-21(27)16-5-7-18(23)8-6-16/h4-12H,1-3H3,(H,25,27)/b24-12-. The second-order valence-electron chi connectivity index (χ2n) is 6.30. The van der Waals surface area contributed by atoms with Crippen LogP contribution in [0.15, 0.2) is 53.6 Å². The Hall–Kier alpha value is -2.92. The zero-order chi connectivity index (χ0) is 19.6. The van der Waals surface area contributed by atoms with Gasteiger partial charge in [0.2, 0.25) is 0 Å². The molecule has 1 aromatic heterocycles. The number of aryl methyl sites for hydroxylation is 2. The first-order chi connectivity index (χ1) is 12.9. The van der Waals surface area contributed by atoms with Crippen LogP contribution in [0.4, 0.5) is 4.39 Å². The molecule has 6 heteroatoms. The summed E-state index contributed by atoms with van der Waals surface area (Å²) in [7, 11) is 0. The Kier molecular flexibility index (Phi) is 5.42. The summed E-state index contributed by atoms with van der Waals surface area (Å²) in [6, 6.07) is 13.2. The van der Waals surface area contributed by atoms with E-state index in [0.717, 1.165) is 28.2 Å². The number of hydrazone groups is 1. The van der Waals surface area contributed by atoms with E-state index in [1.807, 2.05) is 45.0 Å². The SMILES string of the molecule is Cc1ccc(-n2c(C)cc(/C=N\NC(=O)c3ccc(F)cc3)c2C)cc1Cl. The molecule has 0 aliphatic heterocycles. The molecule has 0 spiro atoms. The molecular weight excluding hydrogens is 365 g/mol. The Bertz CT molecular complexity index is 1020. The molecular formula is C21H19ClFN3O. The number of nitrogens with zero attached hydrogens (tertiary/aromatic N) is 2. The predicted octanol–water partition coefficient (Wildman–Crippen LogP) is 4.96. The predicted molar refractivity (Wildman–Crippen MR) is 106 cm³/mol. The van der Waals surface area contributed by atoms with Crippen LogP contribution in [0.25, 0.3) is 5.69 Å². The van der Waals surface area contributed by atoms with Crippen molar-refractivity contribution in [1.82, 2.24) is 9.99 Å². The monoisotopic (exact) mass is 383 g/mol. The normalized spacial score (nSPS) is 11.1. The van der Waals surface area contributed by atoms with Crippen LogP contribution >= 0.6 is 11.6 Å². The van der Waals surface area contributed by atoms with Crippen LogP contribution in [-0.2, 0) is 0 Å². The fraction of sp³-hybridized carbons (Fsp3) is 0.143. The number of carbonyl (C=O) groups is 1. The van der Waals surface area contributed by atoms with E-state index >= 15 is 0 Å². The minimum Gasteiger partial charge on any atom is -0.318 e. The summed E-state index contributed by atoms with van der Waals surface area (Å²) in [6.45, 7) is 5.93. The van der Waals surface area contributed by atoms with E-state index in [4.69, 9.17) is 11.6 Å². The van der Waals surface area contributed by atoms with Crippen LogP contribution in [0, 0.1) is 26.6 Å². The molecule has 4 nitrogen and oxygen atoms in total. The van der Waals surface area contributed by atoms with Gasteiger partial charge in [0.25, 0.3) is 5.91 Å². The maximum atomic E-state index is 12.9.